The third kappa shape index (κ3) is 2.76. The van der Waals surface area contributed by atoms with E-state index in [1.54, 1.807) is 0 Å². The van der Waals surface area contributed by atoms with E-state index < -0.39 is 0 Å². The molecular weight excluding hydrogens is 214 g/mol. The van der Waals surface area contributed by atoms with E-state index in [4.69, 9.17) is 4.74 Å². The van der Waals surface area contributed by atoms with Crippen molar-refractivity contribution in [3.8, 4) is 0 Å². The lowest BCUT2D eigenvalue weighted by Gasteiger charge is -2.36. The number of nitrogens with one attached hydrogen (secondary N) is 1. The second-order valence-corrected chi connectivity index (χ2v) is 4.79. The summed E-state index contributed by atoms with van der Waals surface area (Å²) in [6.45, 7) is 3.54. The van der Waals surface area contributed by atoms with Gasteiger partial charge in [0.15, 0.2) is 0 Å². The van der Waals surface area contributed by atoms with E-state index in [0.717, 1.165) is 38.2 Å². The summed E-state index contributed by atoms with van der Waals surface area (Å²) in [7, 11) is 0. The molecule has 1 aliphatic carbocycles. The highest BCUT2D eigenvalue weighted by Gasteiger charge is 2.27. The number of pyridine rings is 1. The Morgan fingerprint density at radius 3 is 3.12 bits per heavy atom. The molecule has 1 atom stereocenters. The molecule has 2 heterocycles. The third-order valence-electron chi connectivity index (χ3n) is 3.39. The first kappa shape index (κ1) is 11.0. The molecule has 1 aromatic rings. The third-order valence-corrected chi connectivity index (χ3v) is 3.39. The van der Waals surface area contributed by atoms with Gasteiger partial charge in [-0.15, -0.1) is 0 Å². The Kier molecular flexibility index (Phi) is 3.25. The van der Waals surface area contributed by atoms with Crippen LogP contribution in [0.15, 0.2) is 24.4 Å². The van der Waals surface area contributed by atoms with Crippen molar-refractivity contribution >= 4 is 5.82 Å². The van der Waals surface area contributed by atoms with Gasteiger partial charge in [-0.2, -0.15) is 0 Å². The molecule has 0 spiro atoms. The van der Waals surface area contributed by atoms with E-state index in [2.05, 4.69) is 21.3 Å². The van der Waals surface area contributed by atoms with Crippen molar-refractivity contribution in [3.05, 3.63) is 24.4 Å². The topological polar surface area (TPSA) is 37.4 Å². The predicted octanol–water partition coefficient (Wildman–Crippen LogP) is 1.04. The highest BCUT2D eigenvalue weighted by atomic mass is 16.5. The van der Waals surface area contributed by atoms with Crippen LogP contribution in [-0.4, -0.2) is 43.4 Å². The Balaban J connectivity index is 1.66. The summed E-state index contributed by atoms with van der Waals surface area (Å²) < 4.78 is 5.58. The van der Waals surface area contributed by atoms with E-state index in [0.29, 0.717) is 6.04 Å². The zero-order chi connectivity index (χ0) is 11.5. The summed E-state index contributed by atoms with van der Waals surface area (Å²) in [4.78, 5) is 6.80. The molecule has 0 radical (unpaired) electrons. The Labute approximate surface area is 102 Å². The van der Waals surface area contributed by atoms with Crippen molar-refractivity contribution in [2.45, 2.75) is 24.9 Å². The summed E-state index contributed by atoms with van der Waals surface area (Å²) >= 11 is 0. The van der Waals surface area contributed by atoms with Crippen molar-refractivity contribution in [2.24, 2.45) is 0 Å². The van der Waals surface area contributed by atoms with E-state index in [-0.39, 0.29) is 0 Å². The maximum atomic E-state index is 5.58. The fourth-order valence-electron chi connectivity index (χ4n) is 2.24. The number of ether oxygens (including phenoxy) is 1. The van der Waals surface area contributed by atoms with Crippen LogP contribution in [0.4, 0.5) is 5.82 Å². The standard InChI is InChI=1S/C13H19N3O/c1-2-6-14-13(3-1)16-7-8-17-10-12(16)9-15-11-4-5-11/h1-3,6,11-12,15H,4-5,7-10H2. The molecular formula is C13H19N3O. The molecule has 92 valence electrons. The highest BCUT2D eigenvalue weighted by Crippen LogP contribution is 2.20. The molecule has 0 aromatic carbocycles. The second kappa shape index (κ2) is 5.02. The van der Waals surface area contributed by atoms with Crippen molar-refractivity contribution in [1.29, 1.82) is 0 Å². The van der Waals surface area contributed by atoms with Gasteiger partial charge in [-0.3, -0.25) is 0 Å². The summed E-state index contributed by atoms with van der Waals surface area (Å²) in [5.41, 5.74) is 0. The maximum absolute atomic E-state index is 5.58. The maximum Gasteiger partial charge on any atom is 0.128 e. The minimum Gasteiger partial charge on any atom is -0.377 e. The van der Waals surface area contributed by atoms with Gasteiger partial charge in [0.2, 0.25) is 0 Å². The largest absolute Gasteiger partial charge is 0.377 e. The number of rotatable bonds is 4. The summed E-state index contributed by atoms with van der Waals surface area (Å²) in [6.07, 6.45) is 4.52. The number of aromatic nitrogens is 1. The Morgan fingerprint density at radius 1 is 1.41 bits per heavy atom. The molecule has 1 unspecified atom stereocenters. The minimum absolute atomic E-state index is 0.416. The van der Waals surface area contributed by atoms with Crippen LogP contribution < -0.4 is 10.2 Å². The molecule has 3 rings (SSSR count). The molecule has 0 bridgehead atoms. The van der Waals surface area contributed by atoms with Gasteiger partial charge in [-0.25, -0.2) is 4.98 Å². The van der Waals surface area contributed by atoms with Crippen LogP contribution in [0.25, 0.3) is 0 Å². The molecule has 4 heteroatoms. The van der Waals surface area contributed by atoms with Gasteiger partial charge in [0.05, 0.1) is 19.3 Å². The van der Waals surface area contributed by atoms with E-state index in [1.807, 2.05) is 18.3 Å². The lowest BCUT2D eigenvalue weighted by molar-refractivity contribution is 0.0932. The van der Waals surface area contributed by atoms with Crippen LogP contribution in [0.5, 0.6) is 0 Å². The van der Waals surface area contributed by atoms with E-state index in [9.17, 15) is 0 Å². The predicted molar refractivity (Wildman–Crippen MR) is 67.2 cm³/mol. The van der Waals surface area contributed by atoms with Crippen molar-refractivity contribution in [3.63, 3.8) is 0 Å². The molecule has 1 N–H and O–H groups in total. The monoisotopic (exact) mass is 233 g/mol. The number of anilines is 1. The van der Waals surface area contributed by atoms with Crippen LogP contribution in [-0.2, 0) is 4.74 Å². The van der Waals surface area contributed by atoms with Gasteiger partial charge >= 0.3 is 0 Å². The lowest BCUT2D eigenvalue weighted by Crippen LogP contribution is -2.51. The fraction of sp³-hybridized carbons (Fsp3) is 0.615. The number of hydrogen-bond acceptors (Lipinski definition) is 4. The van der Waals surface area contributed by atoms with Gasteiger partial charge in [-0.05, 0) is 25.0 Å². The van der Waals surface area contributed by atoms with Gasteiger partial charge in [0, 0.05) is 25.3 Å². The number of nitrogens with zero attached hydrogens (tertiary/aromatic N) is 2. The minimum atomic E-state index is 0.416. The van der Waals surface area contributed by atoms with E-state index in [1.165, 1.54) is 12.8 Å². The highest BCUT2D eigenvalue weighted by molar-refractivity contribution is 5.39. The Bertz CT molecular complexity index is 353. The van der Waals surface area contributed by atoms with Crippen LogP contribution in [0.1, 0.15) is 12.8 Å². The first-order valence-corrected chi connectivity index (χ1v) is 6.42. The SMILES string of the molecule is c1ccc(N2CCOCC2CNC2CC2)nc1. The average molecular weight is 233 g/mol. The van der Waals surface area contributed by atoms with Gasteiger partial charge in [-0.1, -0.05) is 6.07 Å². The summed E-state index contributed by atoms with van der Waals surface area (Å²) in [6, 6.07) is 7.25. The normalized spacial score (nSPS) is 24.9. The van der Waals surface area contributed by atoms with Gasteiger partial charge in [0.25, 0.3) is 0 Å². The number of morpholine rings is 1. The lowest BCUT2D eigenvalue weighted by atomic mass is 10.2. The Hall–Kier alpha value is -1.13. The molecule has 17 heavy (non-hydrogen) atoms. The smallest absolute Gasteiger partial charge is 0.128 e. The van der Waals surface area contributed by atoms with Crippen molar-refractivity contribution in [1.82, 2.24) is 10.3 Å². The molecule has 1 saturated heterocycles. The molecule has 2 fully saturated rings. The van der Waals surface area contributed by atoms with Crippen LogP contribution in [0.3, 0.4) is 0 Å². The van der Waals surface area contributed by atoms with Crippen LogP contribution in [0.2, 0.25) is 0 Å². The Morgan fingerprint density at radius 2 is 2.35 bits per heavy atom. The zero-order valence-electron chi connectivity index (χ0n) is 10.0. The van der Waals surface area contributed by atoms with Crippen LogP contribution >= 0.6 is 0 Å². The van der Waals surface area contributed by atoms with Crippen molar-refractivity contribution in [2.75, 3.05) is 31.2 Å². The van der Waals surface area contributed by atoms with Crippen LogP contribution in [0, 0.1) is 0 Å². The number of hydrogen-bond donors (Lipinski definition) is 1. The van der Waals surface area contributed by atoms with Crippen molar-refractivity contribution < 1.29 is 4.74 Å². The van der Waals surface area contributed by atoms with Gasteiger partial charge in [0.1, 0.15) is 5.82 Å². The molecule has 1 aliphatic heterocycles. The molecule has 0 amide bonds. The van der Waals surface area contributed by atoms with E-state index >= 15 is 0 Å². The summed E-state index contributed by atoms with van der Waals surface area (Å²) in [5, 5.41) is 3.58. The zero-order valence-corrected chi connectivity index (χ0v) is 10.0. The molecule has 4 nitrogen and oxygen atoms in total. The quantitative estimate of drug-likeness (QED) is 0.843. The first-order valence-electron chi connectivity index (χ1n) is 6.42. The first-order chi connectivity index (χ1) is 8.43. The summed E-state index contributed by atoms with van der Waals surface area (Å²) in [5.74, 6) is 1.07. The average Bonchev–Trinajstić information content (AvgIpc) is 3.22. The molecule has 1 aromatic heterocycles. The molecule has 2 aliphatic rings. The second-order valence-electron chi connectivity index (χ2n) is 4.79. The van der Waals surface area contributed by atoms with Gasteiger partial charge < -0.3 is 15.0 Å². The fourth-order valence-corrected chi connectivity index (χ4v) is 2.24. The molecule has 1 saturated carbocycles.